The fourth-order valence-corrected chi connectivity index (χ4v) is 2.73. The largest absolute Gasteiger partial charge is 0.454 e. The van der Waals surface area contributed by atoms with Crippen LogP contribution in [-0.4, -0.2) is 18.9 Å². The molecule has 0 unspecified atom stereocenters. The molecule has 2 aliphatic heterocycles. The Morgan fingerprint density at radius 2 is 2.04 bits per heavy atom. The van der Waals surface area contributed by atoms with Crippen LogP contribution in [0, 0.1) is 0 Å². The number of fused-ring (bicyclic) bond motifs is 2. The molecule has 5 nitrogen and oxygen atoms in total. The Bertz CT molecular complexity index is 856. The van der Waals surface area contributed by atoms with Crippen molar-refractivity contribution in [1.82, 2.24) is 5.32 Å². The molecule has 0 saturated heterocycles. The molecule has 2 heterocycles. The number of rotatable bonds is 3. The number of ether oxygens (including phenoxy) is 2. The standard InChI is InChI=1S/C19H16N2O3/c22-19(15-5-6-16-14(10-15)3-1-2-8-20-16)21-11-13-4-7-17-18(9-13)24-12-23-17/h1-2,4-10H,3,11-12H2,(H,21,22). The van der Waals surface area contributed by atoms with Crippen molar-refractivity contribution in [3.05, 3.63) is 65.2 Å². The lowest BCUT2D eigenvalue weighted by Crippen LogP contribution is -2.22. The van der Waals surface area contributed by atoms with Crippen LogP contribution in [0.5, 0.6) is 11.5 Å². The van der Waals surface area contributed by atoms with E-state index >= 15 is 0 Å². The first-order valence-corrected chi connectivity index (χ1v) is 7.78. The van der Waals surface area contributed by atoms with E-state index in [2.05, 4.69) is 10.3 Å². The van der Waals surface area contributed by atoms with E-state index in [0.29, 0.717) is 12.1 Å². The summed E-state index contributed by atoms with van der Waals surface area (Å²) in [5.41, 5.74) is 3.57. The minimum Gasteiger partial charge on any atom is -0.454 e. The van der Waals surface area contributed by atoms with Gasteiger partial charge in [-0.2, -0.15) is 0 Å². The first-order chi connectivity index (χ1) is 11.8. The van der Waals surface area contributed by atoms with Crippen LogP contribution < -0.4 is 14.8 Å². The van der Waals surface area contributed by atoms with Gasteiger partial charge in [-0.05, 0) is 54.0 Å². The third-order valence-corrected chi connectivity index (χ3v) is 4.01. The molecule has 0 radical (unpaired) electrons. The molecule has 4 rings (SSSR count). The Kier molecular flexibility index (Phi) is 3.75. The molecule has 1 amide bonds. The van der Waals surface area contributed by atoms with Gasteiger partial charge in [-0.3, -0.25) is 9.79 Å². The summed E-state index contributed by atoms with van der Waals surface area (Å²) in [4.78, 5) is 16.7. The van der Waals surface area contributed by atoms with E-state index in [1.807, 2.05) is 42.5 Å². The lowest BCUT2D eigenvalue weighted by atomic mass is 10.1. The molecule has 0 atom stereocenters. The van der Waals surface area contributed by atoms with Gasteiger partial charge >= 0.3 is 0 Å². The second-order valence-corrected chi connectivity index (χ2v) is 5.62. The lowest BCUT2D eigenvalue weighted by Gasteiger charge is -2.09. The first-order valence-electron chi connectivity index (χ1n) is 7.78. The second-order valence-electron chi connectivity index (χ2n) is 5.62. The van der Waals surface area contributed by atoms with Crippen molar-refractivity contribution in [2.75, 3.05) is 6.79 Å². The minimum absolute atomic E-state index is 0.104. The molecule has 2 aliphatic rings. The highest BCUT2D eigenvalue weighted by atomic mass is 16.7. The van der Waals surface area contributed by atoms with Crippen molar-refractivity contribution >= 4 is 17.8 Å². The highest BCUT2D eigenvalue weighted by Crippen LogP contribution is 2.32. The molecule has 0 fully saturated rings. The van der Waals surface area contributed by atoms with E-state index in [-0.39, 0.29) is 12.7 Å². The van der Waals surface area contributed by atoms with E-state index in [9.17, 15) is 4.79 Å². The molecular weight excluding hydrogens is 304 g/mol. The van der Waals surface area contributed by atoms with Gasteiger partial charge < -0.3 is 14.8 Å². The van der Waals surface area contributed by atoms with Crippen molar-refractivity contribution in [3.63, 3.8) is 0 Å². The van der Waals surface area contributed by atoms with Gasteiger partial charge in [0.25, 0.3) is 5.91 Å². The number of amides is 1. The van der Waals surface area contributed by atoms with Crippen LogP contribution in [0.4, 0.5) is 5.69 Å². The zero-order chi connectivity index (χ0) is 16.4. The van der Waals surface area contributed by atoms with E-state index in [1.165, 1.54) is 0 Å². The Morgan fingerprint density at radius 3 is 3.00 bits per heavy atom. The Balaban J connectivity index is 1.46. The summed E-state index contributed by atoms with van der Waals surface area (Å²) in [6.45, 7) is 0.682. The number of aliphatic imine (C=N–C) groups is 1. The summed E-state index contributed by atoms with van der Waals surface area (Å²) in [5, 5.41) is 2.94. The summed E-state index contributed by atoms with van der Waals surface area (Å²) < 4.78 is 10.6. The van der Waals surface area contributed by atoms with Crippen LogP contribution in [-0.2, 0) is 13.0 Å². The Labute approximate surface area is 139 Å². The van der Waals surface area contributed by atoms with E-state index in [4.69, 9.17) is 9.47 Å². The van der Waals surface area contributed by atoms with E-state index in [0.717, 1.165) is 34.7 Å². The number of nitrogens with one attached hydrogen (secondary N) is 1. The monoisotopic (exact) mass is 320 g/mol. The summed E-state index contributed by atoms with van der Waals surface area (Å²) in [6, 6.07) is 11.3. The maximum atomic E-state index is 12.4. The van der Waals surface area contributed by atoms with E-state index < -0.39 is 0 Å². The van der Waals surface area contributed by atoms with Gasteiger partial charge in [-0.25, -0.2) is 0 Å². The molecule has 120 valence electrons. The molecule has 0 saturated carbocycles. The highest BCUT2D eigenvalue weighted by Gasteiger charge is 2.14. The summed E-state index contributed by atoms with van der Waals surface area (Å²) in [6.07, 6.45) is 6.49. The smallest absolute Gasteiger partial charge is 0.251 e. The third kappa shape index (κ3) is 2.88. The number of carbonyl (C=O) groups excluding carboxylic acids is 1. The fraction of sp³-hybridized carbons (Fsp3) is 0.158. The van der Waals surface area contributed by atoms with Crippen LogP contribution in [0.15, 0.2) is 53.5 Å². The zero-order valence-electron chi connectivity index (χ0n) is 13.0. The second kappa shape index (κ2) is 6.20. The van der Waals surface area contributed by atoms with Crippen LogP contribution in [0.25, 0.3) is 0 Å². The van der Waals surface area contributed by atoms with Gasteiger partial charge in [0.2, 0.25) is 6.79 Å². The van der Waals surface area contributed by atoms with Crippen LogP contribution >= 0.6 is 0 Å². The normalized spacial score (nSPS) is 14.2. The van der Waals surface area contributed by atoms with Gasteiger partial charge in [0.15, 0.2) is 11.5 Å². The molecule has 0 spiro atoms. The zero-order valence-corrected chi connectivity index (χ0v) is 13.0. The average Bonchev–Trinajstić information content (AvgIpc) is 2.95. The maximum absolute atomic E-state index is 12.4. The predicted molar refractivity (Wildman–Crippen MR) is 91.2 cm³/mol. The van der Waals surface area contributed by atoms with Crippen molar-refractivity contribution in [3.8, 4) is 11.5 Å². The van der Waals surface area contributed by atoms with Crippen molar-refractivity contribution in [2.24, 2.45) is 4.99 Å². The number of hydrogen-bond acceptors (Lipinski definition) is 4. The third-order valence-electron chi connectivity index (χ3n) is 4.01. The van der Waals surface area contributed by atoms with Gasteiger partial charge in [-0.15, -0.1) is 0 Å². The predicted octanol–water partition coefficient (Wildman–Crippen LogP) is 3.16. The van der Waals surface area contributed by atoms with Gasteiger partial charge in [0.05, 0.1) is 5.69 Å². The van der Waals surface area contributed by atoms with Gasteiger partial charge in [0, 0.05) is 18.3 Å². The van der Waals surface area contributed by atoms with Crippen molar-refractivity contribution < 1.29 is 14.3 Å². The van der Waals surface area contributed by atoms with Gasteiger partial charge in [0.1, 0.15) is 0 Å². The van der Waals surface area contributed by atoms with Gasteiger partial charge in [-0.1, -0.05) is 12.1 Å². The molecule has 0 aromatic heterocycles. The Morgan fingerprint density at radius 1 is 1.12 bits per heavy atom. The number of benzene rings is 2. The highest BCUT2D eigenvalue weighted by molar-refractivity contribution is 5.95. The van der Waals surface area contributed by atoms with E-state index in [1.54, 1.807) is 12.3 Å². The minimum atomic E-state index is -0.104. The van der Waals surface area contributed by atoms with Crippen molar-refractivity contribution in [1.29, 1.82) is 0 Å². The summed E-state index contributed by atoms with van der Waals surface area (Å²) in [7, 11) is 0. The number of hydrogen-bond donors (Lipinski definition) is 1. The van der Waals surface area contributed by atoms with Crippen LogP contribution in [0.3, 0.4) is 0 Å². The molecule has 24 heavy (non-hydrogen) atoms. The Hall–Kier alpha value is -3.08. The quantitative estimate of drug-likeness (QED) is 0.945. The fourth-order valence-electron chi connectivity index (χ4n) is 2.73. The molecule has 1 N–H and O–H groups in total. The number of allylic oxidation sites excluding steroid dienone is 2. The first kappa shape index (κ1) is 14.5. The molecular formula is C19H16N2O3. The summed E-state index contributed by atoms with van der Waals surface area (Å²) in [5.74, 6) is 1.36. The number of nitrogens with zero attached hydrogens (tertiary/aromatic N) is 1. The van der Waals surface area contributed by atoms with Crippen molar-refractivity contribution in [2.45, 2.75) is 13.0 Å². The molecule has 2 aromatic carbocycles. The lowest BCUT2D eigenvalue weighted by molar-refractivity contribution is 0.0950. The maximum Gasteiger partial charge on any atom is 0.251 e. The molecule has 2 aromatic rings. The summed E-state index contributed by atoms with van der Waals surface area (Å²) >= 11 is 0. The SMILES string of the molecule is O=C(NCc1ccc2c(c1)OCO2)c1ccc2c(c1)CC=CC=N2. The van der Waals surface area contributed by atoms with Crippen LogP contribution in [0.2, 0.25) is 0 Å². The molecule has 0 aliphatic carbocycles. The molecule has 0 bridgehead atoms. The number of carbonyl (C=O) groups is 1. The van der Waals surface area contributed by atoms with Crippen LogP contribution in [0.1, 0.15) is 21.5 Å². The molecule has 5 heteroatoms. The topological polar surface area (TPSA) is 59.9 Å². The average molecular weight is 320 g/mol.